The van der Waals surface area contributed by atoms with Crippen molar-refractivity contribution in [2.24, 2.45) is 5.41 Å². The Hall–Kier alpha value is -0.0400. The van der Waals surface area contributed by atoms with Gasteiger partial charge in [-0.25, -0.2) is 0 Å². The van der Waals surface area contributed by atoms with Crippen molar-refractivity contribution in [3.8, 4) is 0 Å². The van der Waals surface area contributed by atoms with Gasteiger partial charge in [-0.05, 0) is 25.2 Å². The van der Waals surface area contributed by atoms with Crippen molar-refractivity contribution in [3.05, 3.63) is 0 Å². The summed E-state index contributed by atoms with van der Waals surface area (Å²) in [5, 5.41) is 3.52. The molecule has 0 aromatic carbocycles. The predicted molar refractivity (Wildman–Crippen MR) is 63.2 cm³/mol. The summed E-state index contributed by atoms with van der Waals surface area (Å²) in [5.41, 5.74) is 0.462. The average molecular weight is 187 g/mol. The first-order valence-electron chi connectivity index (χ1n) is 5.75. The maximum absolute atomic E-state index is 3.52. The largest absolute Gasteiger partial charge is 0.314 e. The fraction of sp³-hybridized carbons (Fsp3) is 1.00. The highest BCUT2D eigenvalue weighted by atomic mass is 14.9. The van der Waals surface area contributed by atoms with Crippen LogP contribution in [0, 0.1) is 5.41 Å². The van der Waals surface area contributed by atoms with Crippen LogP contribution in [0.1, 0.15) is 61.3 Å². The van der Waals surface area contributed by atoms with E-state index in [9.17, 15) is 0 Å². The molecular formula is C12H29N. The second kappa shape index (κ2) is 8.55. The summed E-state index contributed by atoms with van der Waals surface area (Å²) in [5.74, 6) is 0. The van der Waals surface area contributed by atoms with Gasteiger partial charge in [0, 0.05) is 12.6 Å². The quantitative estimate of drug-likeness (QED) is 0.689. The van der Waals surface area contributed by atoms with Crippen molar-refractivity contribution < 1.29 is 0 Å². The Morgan fingerprint density at radius 3 is 1.92 bits per heavy atom. The van der Waals surface area contributed by atoms with Gasteiger partial charge in [0.2, 0.25) is 0 Å². The van der Waals surface area contributed by atoms with Crippen LogP contribution in [0.5, 0.6) is 0 Å². The van der Waals surface area contributed by atoms with Crippen molar-refractivity contribution in [1.29, 1.82) is 0 Å². The zero-order valence-electron chi connectivity index (χ0n) is 10.7. The van der Waals surface area contributed by atoms with Crippen LogP contribution in [0.15, 0.2) is 0 Å². The van der Waals surface area contributed by atoms with Crippen LogP contribution in [0.3, 0.4) is 0 Å². The minimum Gasteiger partial charge on any atom is -0.314 e. The molecule has 1 nitrogen and oxygen atoms in total. The summed E-state index contributed by atoms with van der Waals surface area (Å²) in [6.45, 7) is 16.5. The van der Waals surface area contributed by atoms with Crippen LogP contribution < -0.4 is 5.32 Å². The lowest BCUT2D eigenvalue weighted by molar-refractivity contribution is 0.310. The van der Waals surface area contributed by atoms with E-state index in [1.54, 1.807) is 0 Å². The molecule has 82 valence electrons. The van der Waals surface area contributed by atoms with Crippen molar-refractivity contribution >= 4 is 0 Å². The van der Waals surface area contributed by atoms with Crippen LogP contribution in [0.25, 0.3) is 0 Å². The summed E-state index contributed by atoms with van der Waals surface area (Å²) in [7, 11) is 0. The average Bonchev–Trinajstić information content (AvgIpc) is 2.17. The van der Waals surface area contributed by atoms with E-state index in [2.05, 4.69) is 39.9 Å². The Bertz CT molecular complexity index is 97.3. The van der Waals surface area contributed by atoms with E-state index in [1.807, 2.05) is 13.8 Å². The highest BCUT2D eigenvalue weighted by Gasteiger charge is 2.14. The lowest BCUT2D eigenvalue weighted by Gasteiger charge is -2.25. The van der Waals surface area contributed by atoms with Gasteiger partial charge in [0.05, 0.1) is 0 Å². The third-order valence-electron chi connectivity index (χ3n) is 2.50. The Morgan fingerprint density at radius 2 is 1.62 bits per heavy atom. The number of rotatable bonds is 5. The second-order valence-corrected chi connectivity index (χ2v) is 4.21. The van der Waals surface area contributed by atoms with Crippen LogP contribution in [-0.2, 0) is 0 Å². The molecule has 13 heavy (non-hydrogen) atoms. The number of nitrogens with one attached hydrogen (secondary N) is 1. The fourth-order valence-corrected chi connectivity index (χ4v) is 0.720. The topological polar surface area (TPSA) is 12.0 Å². The van der Waals surface area contributed by atoms with Gasteiger partial charge in [-0.3, -0.25) is 0 Å². The molecule has 0 radical (unpaired) electrons. The first-order chi connectivity index (χ1) is 6.02. The fourth-order valence-electron chi connectivity index (χ4n) is 0.720. The molecule has 0 aliphatic heterocycles. The summed E-state index contributed by atoms with van der Waals surface area (Å²) in [6.07, 6.45) is 2.47. The van der Waals surface area contributed by atoms with Crippen molar-refractivity contribution in [3.63, 3.8) is 0 Å². The van der Waals surface area contributed by atoms with E-state index in [0.29, 0.717) is 11.5 Å². The molecule has 0 saturated carbocycles. The van der Waals surface area contributed by atoms with E-state index in [0.717, 1.165) is 6.54 Å². The molecule has 0 fully saturated rings. The van der Waals surface area contributed by atoms with Gasteiger partial charge in [-0.1, -0.05) is 41.5 Å². The van der Waals surface area contributed by atoms with Gasteiger partial charge in [0.1, 0.15) is 0 Å². The van der Waals surface area contributed by atoms with Crippen molar-refractivity contribution in [2.75, 3.05) is 6.54 Å². The zero-order chi connectivity index (χ0) is 10.9. The van der Waals surface area contributed by atoms with E-state index in [1.165, 1.54) is 12.8 Å². The van der Waals surface area contributed by atoms with E-state index < -0.39 is 0 Å². The van der Waals surface area contributed by atoms with Gasteiger partial charge in [-0.2, -0.15) is 0 Å². The molecule has 0 saturated heterocycles. The van der Waals surface area contributed by atoms with Gasteiger partial charge >= 0.3 is 0 Å². The first-order valence-corrected chi connectivity index (χ1v) is 5.75. The SMILES string of the molecule is CC.CCC(C)NCC(C)(C)CC. The minimum atomic E-state index is 0.462. The second-order valence-electron chi connectivity index (χ2n) is 4.21. The van der Waals surface area contributed by atoms with Crippen LogP contribution >= 0.6 is 0 Å². The maximum atomic E-state index is 3.52. The Morgan fingerprint density at radius 1 is 1.15 bits per heavy atom. The highest BCUT2D eigenvalue weighted by Crippen LogP contribution is 2.17. The van der Waals surface area contributed by atoms with Gasteiger partial charge in [0.15, 0.2) is 0 Å². The smallest absolute Gasteiger partial charge is 0.00363 e. The Balaban J connectivity index is 0. The lowest BCUT2D eigenvalue weighted by atomic mass is 9.90. The molecule has 0 rings (SSSR count). The summed E-state index contributed by atoms with van der Waals surface area (Å²) >= 11 is 0. The first kappa shape index (κ1) is 15.4. The summed E-state index contributed by atoms with van der Waals surface area (Å²) < 4.78 is 0. The molecule has 1 heteroatoms. The monoisotopic (exact) mass is 187 g/mol. The molecule has 0 heterocycles. The summed E-state index contributed by atoms with van der Waals surface area (Å²) in [4.78, 5) is 0. The predicted octanol–water partition coefficient (Wildman–Crippen LogP) is 3.84. The Kier molecular flexibility index (Phi) is 10.2. The van der Waals surface area contributed by atoms with Gasteiger partial charge < -0.3 is 5.32 Å². The van der Waals surface area contributed by atoms with Crippen LogP contribution in [-0.4, -0.2) is 12.6 Å². The maximum Gasteiger partial charge on any atom is 0.00363 e. The molecule has 0 aromatic heterocycles. The zero-order valence-corrected chi connectivity index (χ0v) is 10.7. The third kappa shape index (κ3) is 9.88. The molecule has 1 N–H and O–H groups in total. The molecule has 0 aromatic rings. The molecule has 1 atom stereocenters. The third-order valence-corrected chi connectivity index (χ3v) is 2.50. The lowest BCUT2D eigenvalue weighted by Crippen LogP contribution is -2.34. The van der Waals surface area contributed by atoms with Gasteiger partial charge in [-0.15, -0.1) is 0 Å². The molecule has 1 unspecified atom stereocenters. The van der Waals surface area contributed by atoms with Crippen LogP contribution in [0.4, 0.5) is 0 Å². The van der Waals surface area contributed by atoms with Crippen LogP contribution in [0.2, 0.25) is 0 Å². The van der Waals surface area contributed by atoms with Crippen molar-refractivity contribution in [1.82, 2.24) is 5.32 Å². The standard InChI is InChI=1S/C10H23N.C2H6/c1-6-9(3)11-8-10(4,5)7-2;1-2/h9,11H,6-8H2,1-5H3;1-2H3. The molecule has 0 amide bonds. The number of hydrogen-bond acceptors (Lipinski definition) is 1. The molecule has 0 aliphatic carbocycles. The van der Waals surface area contributed by atoms with Crippen molar-refractivity contribution in [2.45, 2.75) is 67.3 Å². The number of hydrogen-bond donors (Lipinski definition) is 1. The Labute approximate surface area is 85.3 Å². The minimum absolute atomic E-state index is 0.462. The molecule has 0 aliphatic rings. The molecular weight excluding hydrogens is 158 g/mol. The highest BCUT2D eigenvalue weighted by molar-refractivity contribution is 4.71. The summed E-state index contributed by atoms with van der Waals surface area (Å²) in [6, 6.07) is 0.667. The van der Waals surface area contributed by atoms with E-state index in [4.69, 9.17) is 0 Å². The molecule has 0 spiro atoms. The van der Waals surface area contributed by atoms with Gasteiger partial charge in [0.25, 0.3) is 0 Å². The normalized spacial score (nSPS) is 13.2. The van der Waals surface area contributed by atoms with E-state index in [-0.39, 0.29) is 0 Å². The molecule has 0 bridgehead atoms. The van der Waals surface area contributed by atoms with E-state index >= 15 is 0 Å².